The SMILES string of the molecule is CCCc1ncc(C(=O)N2CCC(N)C(C)(C)C2)s1. The van der Waals surface area contributed by atoms with E-state index in [0.29, 0.717) is 0 Å². The molecular formula is C14H23N3OS. The zero-order chi connectivity index (χ0) is 14.0. The number of nitrogens with two attached hydrogens (primary N) is 1. The number of aromatic nitrogens is 1. The molecule has 2 rings (SSSR count). The van der Waals surface area contributed by atoms with Crippen molar-refractivity contribution in [1.82, 2.24) is 9.88 Å². The Labute approximate surface area is 119 Å². The van der Waals surface area contributed by atoms with E-state index in [9.17, 15) is 4.79 Å². The van der Waals surface area contributed by atoms with Gasteiger partial charge in [-0.2, -0.15) is 0 Å². The molecule has 2 N–H and O–H groups in total. The third kappa shape index (κ3) is 3.15. The van der Waals surface area contributed by atoms with E-state index >= 15 is 0 Å². The Morgan fingerprint density at radius 1 is 1.63 bits per heavy atom. The van der Waals surface area contributed by atoms with Crippen LogP contribution in [0.2, 0.25) is 0 Å². The molecule has 1 saturated heterocycles. The summed E-state index contributed by atoms with van der Waals surface area (Å²) in [5, 5.41) is 1.05. The number of hydrogen-bond donors (Lipinski definition) is 1. The van der Waals surface area contributed by atoms with Crippen molar-refractivity contribution >= 4 is 17.2 Å². The van der Waals surface area contributed by atoms with Gasteiger partial charge < -0.3 is 10.6 Å². The zero-order valence-electron chi connectivity index (χ0n) is 12.0. The van der Waals surface area contributed by atoms with Crippen LogP contribution in [0.1, 0.15) is 48.3 Å². The smallest absolute Gasteiger partial charge is 0.265 e. The summed E-state index contributed by atoms with van der Waals surface area (Å²) in [6.45, 7) is 7.87. The fraction of sp³-hybridized carbons (Fsp3) is 0.714. The van der Waals surface area contributed by atoms with Crippen LogP contribution >= 0.6 is 11.3 Å². The van der Waals surface area contributed by atoms with Crippen LogP contribution in [0.3, 0.4) is 0 Å². The second-order valence-corrected chi connectivity index (χ2v) is 7.09. The Hall–Kier alpha value is -0.940. The van der Waals surface area contributed by atoms with Crippen LogP contribution in [-0.2, 0) is 6.42 Å². The highest BCUT2D eigenvalue weighted by atomic mass is 32.1. The van der Waals surface area contributed by atoms with Crippen molar-refractivity contribution in [2.24, 2.45) is 11.1 Å². The Morgan fingerprint density at radius 3 is 3.00 bits per heavy atom. The molecule has 0 aliphatic carbocycles. The van der Waals surface area contributed by atoms with E-state index in [4.69, 9.17) is 5.73 Å². The van der Waals surface area contributed by atoms with Gasteiger partial charge in [-0.3, -0.25) is 4.79 Å². The van der Waals surface area contributed by atoms with Gasteiger partial charge in [-0.15, -0.1) is 11.3 Å². The summed E-state index contributed by atoms with van der Waals surface area (Å²) in [7, 11) is 0. The first-order chi connectivity index (χ1) is 8.94. The summed E-state index contributed by atoms with van der Waals surface area (Å²) in [5.41, 5.74) is 6.10. The quantitative estimate of drug-likeness (QED) is 0.925. The number of carbonyl (C=O) groups excluding carboxylic acids is 1. The number of carbonyl (C=O) groups is 1. The molecular weight excluding hydrogens is 258 g/mol. The van der Waals surface area contributed by atoms with E-state index in [1.54, 1.807) is 6.20 Å². The van der Waals surface area contributed by atoms with Crippen LogP contribution in [0.5, 0.6) is 0 Å². The molecule has 1 aliphatic heterocycles. The highest BCUT2D eigenvalue weighted by molar-refractivity contribution is 7.13. The van der Waals surface area contributed by atoms with E-state index < -0.39 is 0 Å². The number of rotatable bonds is 3. The molecule has 2 heterocycles. The standard InChI is InChI=1S/C14H23N3OS/c1-4-5-12-16-8-10(19-12)13(18)17-7-6-11(15)14(2,3)9-17/h8,11H,4-7,9,15H2,1-3H3. The maximum atomic E-state index is 12.5. The molecule has 1 atom stereocenters. The first kappa shape index (κ1) is 14.5. The Bertz CT molecular complexity index is 455. The maximum Gasteiger partial charge on any atom is 0.265 e. The summed E-state index contributed by atoms with van der Waals surface area (Å²) in [4.78, 5) is 19.5. The number of hydrogen-bond acceptors (Lipinski definition) is 4. The van der Waals surface area contributed by atoms with Crippen LogP contribution in [0.25, 0.3) is 0 Å². The molecule has 0 spiro atoms. The molecule has 1 fully saturated rings. The van der Waals surface area contributed by atoms with E-state index in [-0.39, 0.29) is 17.4 Å². The number of likely N-dealkylation sites (tertiary alicyclic amines) is 1. The van der Waals surface area contributed by atoms with Gasteiger partial charge in [-0.1, -0.05) is 20.8 Å². The van der Waals surface area contributed by atoms with Gasteiger partial charge in [0.25, 0.3) is 5.91 Å². The molecule has 0 radical (unpaired) electrons. The van der Waals surface area contributed by atoms with Gasteiger partial charge in [0.15, 0.2) is 0 Å². The minimum atomic E-state index is -0.00908. The molecule has 1 aromatic rings. The zero-order valence-corrected chi connectivity index (χ0v) is 12.8. The lowest BCUT2D eigenvalue weighted by atomic mass is 9.79. The average molecular weight is 281 g/mol. The van der Waals surface area contributed by atoms with Crippen molar-refractivity contribution in [3.05, 3.63) is 16.1 Å². The van der Waals surface area contributed by atoms with E-state index in [1.165, 1.54) is 11.3 Å². The molecule has 0 saturated carbocycles. The van der Waals surface area contributed by atoms with E-state index in [0.717, 1.165) is 42.2 Å². The third-order valence-corrected chi connectivity index (χ3v) is 4.87. The number of aryl methyl sites for hydroxylation is 1. The van der Waals surface area contributed by atoms with Crippen molar-refractivity contribution in [1.29, 1.82) is 0 Å². The summed E-state index contributed by atoms with van der Waals surface area (Å²) in [5.74, 6) is 0.111. The molecule has 5 heteroatoms. The van der Waals surface area contributed by atoms with Gasteiger partial charge in [-0.05, 0) is 24.7 Å². The highest BCUT2D eigenvalue weighted by Gasteiger charge is 2.35. The molecule has 1 amide bonds. The van der Waals surface area contributed by atoms with Crippen LogP contribution in [0, 0.1) is 5.41 Å². The van der Waals surface area contributed by atoms with Gasteiger partial charge in [0.2, 0.25) is 0 Å². The molecule has 1 unspecified atom stereocenters. The van der Waals surface area contributed by atoms with E-state index in [1.807, 2.05) is 4.90 Å². The second kappa shape index (κ2) is 5.59. The van der Waals surface area contributed by atoms with Crippen LogP contribution < -0.4 is 5.73 Å². The van der Waals surface area contributed by atoms with Gasteiger partial charge in [0, 0.05) is 19.1 Å². The summed E-state index contributed by atoms with van der Waals surface area (Å²) >= 11 is 1.53. The normalized spacial score (nSPS) is 22.5. The summed E-state index contributed by atoms with van der Waals surface area (Å²) < 4.78 is 0. The fourth-order valence-corrected chi connectivity index (χ4v) is 3.43. The molecule has 19 heavy (non-hydrogen) atoms. The van der Waals surface area contributed by atoms with Gasteiger partial charge in [0.1, 0.15) is 4.88 Å². The van der Waals surface area contributed by atoms with Gasteiger partial charge in [-0.25, -0.2) is 4.98 Å². The Morgan fingerprint density at radius 2 is 2.37 bits per heavy atom. The molecule has 4 nitrogen and oxygen atoms in total. The monoisotopic (exact) mass is 281 g/mol. The Balaban J connectivity index is 2.07. The minimum absolute atomic E-state index is 0.00908. The van der Waals surface area contributed by atoms with Crippen molar-refractivity contribution in [3.8, 4) is 0 Å². The van der Waals surface area contributed by atoms with Crippen molar-refractivity contribution < 1.29 is 4.79 Å². The number of piperidine rings is 1. The van der Waals surface area contributed by atoms with Gasteiger partial charge >= 0.3 is 0 Å². The molecule has 106 valence electrons. The first-order valence-electron chi connectivity index (χ1n) is 6.93. The number of amides is 1. The third-order valence-electron chi connectivity index (χ3n) is 3.83. The molecule has 0 bridgehead atoms. The van der Waals surface area contributed by atoms with Crippen LogP contribution in [0.15, 0.2) is 6.20 Å². The maximum absolute atomic E-state index is 12.5. The van der Waals surface area contributed by atoms with Crippen molar-refractivity contribution in [3.63, 3.8) is 0 Å². The lowest BCUT2D eigenvalue weighted by Crippen LogP contribution is -2.53. The Kier molecular flexibility index (Phi) is 4.26. The number of nitrogens with zero attached hydrogens (tertiary/aromatic N) is 2. The second-order valence-electron chi connectivity index (χ2n) is 5.98. The van der Waals surface area contributed by atoms with Crippen molar-refractivity contribution in [2.75, 3.05) is 13.1 Å². The van der Waals surface area contributed by atoms with E-state index in [2.05, 4.69) is 25.8 Å². The first-order valence-corrected chi connectivity index (χ1v) is 7.75. The summed E-state index contributed by atoms with van der Waals surface area (Å²) in [6.07, 6.45) is 4.61. The lowest BCUT2D eigenvalue weighted by Gasteiger charge is -2.42. The summed E-state index contributed by atoms with van der Waals surface area (Å²) in [6, 6.07) is 0.175. The molecule has 1 aromatic heterocycles. The predicted octanol–water partition coefficient (Wildman–Crippen LogP) is 2.29. The van der Waals surface area contributed by atoms with Gasteiger partial charge in [0.05, 0.1) is 11.2 Å². The lowest BCUT2D eigenvalue weighted by molar-refractivity contribution is 0.0537. The average Bonchev–Trinajstić information content (AvgIpc) is 2.81. The molecule has 1 aliphatic rings. The predicted molar refractivity (Wildman–Crippen MR) is 78.4 cm³/mol. The van der Waals surface area contributed by atoms with Crippen LogP contribution in [0.4, 0.5) is 0 Å². The fourth-order valence-electron chi connectivity index (χ4n) is 2.44. The minimum Gasteiger partial charge on any atom is -0.337 e. The topological polar surface area (TPSA) is 59.2 Å². The molecule has 0 aromatic carbocycles. The van der Waals surface area contributed by atoms with Crippen LogP contribution in [-0.4, -0.2) is 34.9 Å². The highest BCUT2D eigenvalue weighted by Crippen LogP contribution is 2.29. The largest absolute Gasteiger partial charge is 0.337 e. The number of thiazole rings is 1. The van der Waals surface area contributed by atoms with Crippen molar-refractivity contribution in [2.45, 2.75) is 46.1 Å².